The molecule has 1 aromatic carbocycles. The van der Waals surface area contributed by atoms with Crippen LogP contribution in [0, 0.1) is 5.92 Å². The standard InChI is InChI=1S/C18H27NO3/c1-5-9-16(20)15(12-14-10-7-6-8-11-14)13-19-17(21)22-18(2,3)4/h6-8,10-11,15H,5,9,12-13H2,1-4H3,(H,19,21). The largest absolute Gasteiger partial charge is 0.444 e. The number of benzene rings is 1. The molecule has 0 heterocycles. The average molecular weight is 305 g/mol. The number of amides is 1. The van der Waals surface area contributed by atoms with Crippen LogP contribution in [0.25, 0.3) is 0 Å². The summed E-state index contributed by atoms with van der Waals surface area (Å²) < 4.78 is 5.22. The first-order valence-electron chi connectivity index (χ1n) is 7.85. The fraction of sp³-hybridized carbons (Fsp3) is 0.556. The Bertz CT molecular complexity index is 477. The number of nitrogens with one attached hydrogen (secondary N) is 1. The van der Waals surface area contributed by atoms with Crippen molar-refractivity contribution >= 4 is 11.9 Å². The summed E-state index contributed by atoms with van der Waals surface area (Å²) in [6.07, 6.45) is 1.51. The molecule has 0 spiro atoms. The maximum absolute atomic E-state index is 12.3. The molecule has 0 aromatic heterocycles. The Morgan fingerprint density at radius 1 is 1.18 bits per heavy atom. The number of alkyl carbamates (subject to hydrolysis) is 1. The van der Waals surface area contributed by atoms with Crippen LogP contribution in [0.1, 0.15) is 46.1 Å². The quantitative estimate of drug-likeness (QED) is 0.835. The maximum Gasteiger partial charge on any atom is 0.407 e. The Labute approximate surface area is 133 Å². The summed E-state index contributed by atoms with van der Waals surface area (Å²) in [6.45, 7) is 7.74. The minimum absolute atomic E-state index is 0.183. The summed E-state index contributed by atoms with van der Waals surface area (Å²) in [5, 5.41) is 2.72. The number of ether oxygens (including phenoxy) is 1. The Hall–Kier alpha value is -1.84. The van der Waals surface area contributed by atoms with Crippen molar-refractivity contribution in [2.45, 2.75) is 52.6 Å². The highest BCUT2D eigenvalue weighted by molar-refractivity contribution is 5.82. The van der Waals surface area contributed by atoms with Crippen molar-refractivity contribution in [3.63, 3.8) is 0 Å². The van der Waals surface area contributed by atoms with Crippen LogP contribution in [0.2, 0.25) is 0 Å². The second-order valence-electron chi connectivity index (χ2n) is 6.49. The van der Waals surface area contributed by atoms with Gasteiger partial charge in [0.2, 0.25) is 0 Å². The summed E-state index contributed by atoms with van der Waals surface area (Å²) in [5.74, 6) is -0.0303. The first kappa shape index (κ1) is 18.2. The number of carbonyl (C=O) groups excluding carboxylic acids is 2. The molecule has 0 saturated carbocycles. The summed E-state index contributed by atoms with van der Waals surface area (Å²) in [6, 6.07) is 9.86. The van der Waals surface area contributed by atoms with Crippen LogP contribution in [0.15, 0.2) is 30.3 Å². The van der Waals surface area contributed by atoms with Gasteiger partial charge in [-0.05, 0) is 39.2 Å². The van der Waals surface area contributed by atoms with Gasteiger partial charge in [-0.25, -0.2) is 4.79 Å². The van der Waals surface area contributed by atoms with Gasteiger partial charge in [0.1, 0.15) is 11.4 Å². The molecule has 0 radical (unpaired) electrons. The maximum atomic E-state index is 12.3. The predicted octanol–water partition coefficient (Wildman–Crippen LogP) is 3.74. The number of Topliss-reactive ketones (excluding diaryl/α,β-unsaturated/α-hetero) is 1. The zero-order valence-corrected chi connectivity index (χ0v) is 14.0. The van der Waals surface area contributed by atoms with E-state index in [1.807, 2.05) is 58.0 Å². The van der Waals surface area contributed by atoms with E-state index in [2.05, 4.69) is 5.32 Å². The summed E-state index contributed by atoms with van der Waals surface area (Å²) >= 11 is 0. The molecule has 0 saturated heterocycles. The Morgan fingerprint density at radius 3 is 2.36 bits per heavy atom. The van der Waals surface area contributed by atoms with Gasteiger partial charge in [-0.2, -0.15) is 0 Å². The molecular formula is C18H27NO3. The van der Waals surface area contributed by atoms with Crippen LogP contribution in [0.4, 0.5) is 4.79 Å². The van der Waals surface area contributed by atoms with Gasteiger partial charge >= 0.3 is 6.09 Å². The van der Waals surface area contributed by atoms with Crippen molar-refractivity contribution in [1.29, 1.82) is 0 Å². The molecule has 1 N–H and O–H groups in total. The number of hydrogen-bond donors (Lipinski definition) is 1. The first-order valence-corrected chi connectivity index (χ1v) is 7.85. The topological polar surface area (TPSA) is 55.4 Å². The molecular weight excluding hydrogens is 278 g/mol. The van der Waals surface area contributed by atoms with E-state index in [0.717, 1.165) is 12.0 Å². The van der Waals surface area contributed by atoms with Gasteiger partial charge in [0.25, 0.3) is 0 Å². The van der Waals surface area contributed by atoms with Crippen LogP contribution in [-0.2, 0) is 16.0 Å². The van der Waals surface area contributed by atoms with Crippen molar-refractivity contribution in [2.24, 2.45) is 5.92 Å². The van der Waals surface area contributed by atoms with Crippen LogP contribution in [0.3, 0.4) is 0 Å². The average Bonchev–Trinajstić information content (AvgIpc) is 2.43. The van der Waals surface area contributed by atoms with Gasteiger partial charge in [0.15, 0.2) is 0 Å². The van der Waals surface area contributed by atoms with Crippen molar-refractivity contribution in [3.05, 3.63) is 35.9 Å². The molecule has 4 nitrogen and oxygen atoms in total. The molecule has 1 amide bonds. The molecule has 22 heavy (non-hydrogen) atoms. The van der Waals surface area contributed by atoms with Gasteiger partial charge in [-0.3, -0.25) is 4.79 Å². The molecule has 0 aliphatic heterocycles. The van der Waals surface area contributed by atoms with E-state index < -0.39 is 11.7 Å². The zero-order chi connectivity index (χ0) is 16.6. The fourth-order valence-corrected chi connectivity index (χ4v) is 2.17. The van der Waals surface area contributed by atoms with Gasteiger partial charge < -0.3 is 10.1 Å². The van der Waals surface area contributed by atoms with Crippen LogP contribution >= 0.6 is 0 Å². The smallest absolute Gasteiger partial charge is 0.407 e. The fourth-order valence-electron chi connectivity index (χ4n) is 2.17. The monoisotopic (exact) mass is 305 g/mol. The number of hydrogen-bond acceptors (Lipinski definition) is 3. The van der Waals surface area contributed by atoms with Crippen molar-refractivity contribution in [1.82, 2.24) is 5.32 Å². The lowest BCUT2D eigenvalue weighted by molar-refractivity contribution is -0.122. The third kappa shape index (κ3) is 7.25. The van der Waals surface area contributed by atoms with Gasteiger partial charge in [0, 0.05) is 18.9 Å². The lowest BCUT2D eigenvalue weighted by atomic mass is 9.93. The second kappa shape index (κ2) is 8.57. The molecule has 1 rings (SSSR count). The van der Waals surface area contributed by atoms with E-state index in [1.54, 1.807) is 0 Å². The van der Waals surface area contributed by atoms with Gasteiger partial charge in [0.05, 0.1) is 0 Å². The van der Waals surface area contributed by atoms with Crippen molar-refractivity contribution in [3.8, 4) is 0 Å². The minimum Gasteiger partial charge on any atom is -0.444 e. The third-order valence-electron chi connectivity index (χ3n) is 3.17. The highest BCUT2D eigenvalue weighted by Crippen LogP contribution is 2.13. The van der Waals surface area contributed by atoms with Crippen molar-refractivity contribution in [2.75, 3.05) is 6.54 Å². The van der Waals surface area contributed by atoms with Gasteiger partial charge in [-0.1, -0.05) is 37.3 Å². The minimum atomic E-state index is -0.535. The number of carbonyl (C=O) groups is 2. The summed E-state index contributed by atoms with van der Waals surface area (Å²) in [7, 11) is 0. The van der Waals surface area contributed by atoms with E-state index in [1.165, 1.54) is 0 Å². The van der Waals surface area contributed by atoms with E-state index in [9.17, 15) is 9.59 Å². The first-order chi connectivity index (χ1) is 10.3. The van der Waals surface area contributed by atoms with Crippen molar-refractivity contribution < 1.29 is 14.3 Å². The lowest BCUT2D eigenvalue weighted by Crippen LogP contribution is -2.37. The number of ketones is 1. The highest BCUT2D eigenvalue weighted by atomic mass is 16.6. The molecule has 0 fully saturated rings. The SMILES string of the molecule is CCCC(=O)C(CNC(=O)OC(C)(C)C)Cc1ccccc1. The van der Waals surface area contributed by atoms with Gasteiger partial charge in [-0.15, -0.1) is 0 Å². The highest BCUT2D eigenvalue weighted by Gasteiger charge is 2.21. The Balaban J connectivity index is 2.62. The van der Waals surface area contributed by atoms with E-state index >= 15 is 0 Å². The van der Waals surface area contributed by atoms with E-state index in [-0.39, 0.29) is 11.7 Å². The van der Waals surface area contributed by atoms with E-state index in [4.69, 9.17) is 4.74 Å². The summed E-state index contributed by atoms with van der Waals surface area (Å²) in [4.78, 5) is 24.0. The van der Waals surface area contributed by atoms with Crippen LogP contribution < -0.4 is 5.32 Å². The summed E-state index contributed by atoms with van der Waals surface area (Å²) in [5.41, 5.74) is 0.565. The normalized spacial score (nSPS) is 12.5. The zero-order valence-electron chi connectivity index (χ0n) is 14.0. The molecule has 0 aliphatic rings. The predicted molar refractivity (Wildman–Crippen MR) is 87.8 cm³/mol. The molecule has 4 heteroatoms. The van der Waals surface area contributed by atoms with Crippen LogP contribution in [0.5, 0.6) is 0 Å². The van der Waals surface area contributed by atoms with E-state index in [0.29, 0.717) is 19.4 Å². The molecule has 1 aromatic rings. The molecule has 122 valence electrons. The molecule has 0 aliphatic carbocycles. The third-order valence-corrected chi connectivity index (χ3v) is 3.17. The Morgan fingerprint density at radius 2 is 1.82 bits per heavy atom. The van der Waals surface area contributed by atoms with Crippen LogP contribution in [-0.4, -0.2) is 24.0 Å². The molecule has 1 unspecified atom stereocenters. The number of rotatable bonds is 7. The molecule has 1 atom stereocenters. The lowest BCUT2D eigenvalue weighted by Gasteiger charge is -2.21. The Kier molecular flexibility index (Phi) is 7.09. The molecule has 0 bridgehead atoms. The second-order valence-corrected chi connectivity index (χ2v) is 6.49.